The van der Waals surface area contributed by atoms with Crippen molar-refractivity contribution < 1.29 is 19.5 Å². The molecule has 7 heteroatoms. The molecule has 6 nitrogen and oxygen atoms in total. The summed E-state index contributed by atoms with van der Waals surface area (Å²) in [5.74, 6) is -0.184. The zero-order chi connectivity index (χ0) is 16.9. The largest absolute Gasteiger partial charge is 0.470 e. The van der Waals surface area contributed by atoms with Crippen LogP contribution in [-0.4, -0.2) is 28.0 Å². The minimum atomic E-state index is -1.51. The first-order valence-corrected chi connectivity index (χ1v) is 7.91. The van der Waals surface area contributed by atoms with E-state index in [0.717, 1.165) is 11.2 Å². The van der Waals surface area contributed by atoms with Crippen molar-refractivity contribution in [3.8, 4) is 10.8 Å². The zero-order valence-corrected chi connectivity index (χ0v) is 14.0. The van der Waals surface area contributed by atoms with Gasteiger partial charge in [0.05, 0.1) is 16.9 Å². The van der Waals surface area contributed by atoms with Crippen LogP contribution in [-0.2, 0) is 4.79 Å². The number of nitrogens with zero attached hydrogens (tertiary/aromatic N) is 2. The van der Waals surface area contributed by atoms with Gasteiger partial charge in [-0.1, -0.05) is 41.6 Å². The average Bonchev–Trinajstić information content (AvgIpc) is 2.85. The lowest BCUT2D eigenvalue weighted by Gasteiger charge is -2.26. The maximum atomic E-state index is 12.7. The first kappa shape index (κ1) is 17.0. The van der Waals surface area contributed by atoms with Crippen molar-refractivity contribution in [3.63, 3.8) is 0 Å². The van der Waals surface area contributed by atoms with Crippen molar-refractivity contribution in [3.05, 3.63) is 41.0 Å². The summed E-state index contributed by atoms with van der Waals surface area (Å²) in [5, 5.41) is 13.2. The third-order valence-electron chi connectivity index (χ3n) is 3.23. The first-order valence-electron chi connectivity index (χ1n) is 7.09. The van der Waals surface area contributed by atoms with Crippen molar-refractivity contribution in [2.45, 2.75) is 32.8 Å². The summed E-state index contributed by atoms with van der Waals surface area (Å²) in [6.07, 6.45) is 1.28. The molecule has 122 valence electrons. The number of hydrogen-bond acceptors (Lipinski definition) is 7. The van der Waals surface area contributed by atoms with Crippen LogP contribution in [0.4, 0.5) is 0 Å². The number of para-hydroxylation sites is 1. The molecule has 0 fully saturated rings. The third kappa shape index (κ3) is 3.87. The normalized spacial score (nSPS) is 13.7. The van der Waals surface area contributed by atoms with Gasteiger partial charge < -0.3 is 14.7 Å². The molecule has 1 aromatic heterocycles. The molecule has 1 heterocycles. The van der Waals surface area contributed by atoms with Gasteiger partial charge in [-0.3, -0.25) is 0 Å². The number of aryl methyl sites for hydroxylation is 2. The Labute approximate surface area is 138 Å². The van der Waals surface area contributed by atoms with Gasteiger partial charge in [-0.2, -0.15) is 0 Å². The van der Waals surface area contributed by atoms with Crippen LogP contribution >= 0.6 is 11.3 Å². The highest BCUT2D eigenvalue weighted by Crippen LogP contribution is 2.29. The molecule has 0 amide bonds. The number of ether oxygens (including phenoxy) is 2. The molecule has 2 aromatic rings. The predicted molar refractivity (Wildman–Crippen MR) is 87.6 cm³/mol. The molecule has 1 unspecified atom stereocenters. The van der Waals surface area contributed by atoms with Crippen LogP contribution in [0.25, 0.3) is 0 Å². The molecule has 0 spiro atoms. The van der Waals surface area contributed by atoms with E-state index < -0.39 is 11.6 Å². The number of esters is 1. The van der Waals surface area contributed by atoms with Crippen LogP contribution < -0.4 is 9.47 Å². The van der Waals surface area contributed by atoms with E-state index in [1.165, 1.54) is 11.3 Å². The molecule has 0 aliphatic heterocycles. The number of benzene rings is 1. The monoisotopic (exact) mass is 334 g/mol. The summed E-state index contributed by atoms with van der Waals surface area (Å²) in [5.41, 5.74) is -0.882. The number of rotatable bonds is 6. The van der Waals surface area contributed by atoms with Crippen LogP contribution in [0.2, 0.25) is 0 Å². The first-order chi connectivity index (χ1) is 11.0. The van der Waals surface area contributed by atoms with Gasteiger partial charge in [-0.05, 0) is 26.0 Å². The topological polar surface area (TPSA) is 81.0 Å². The lowest BCUT2D eigenvalue weighted by atomic mass is 10.0. The Bertz CT molecular complexity index is 699. The maximum absolute atomic E-state index is 12.7. The molecule has 0 saturated carbocycles. The third-order valence-corrected chi connectivity index (χ3v) is 4.18. The highest BCUT2D eigenvalue weighted by molar-refractivity contribution is 7.13. The Morgan fingerprint density at radius 1 is 1.39 bits per heavy atom. The molecule has 0 aliphatic rings. The Balaban J connectivity index is 2.29. The number of aromatic nitrogens is 1. The Morgan fingerprint density at radius 2 is 2.09 bits per heavy atom. The summed E-state index contributed by atoms with van der Waals surface area (Å²) in [6, 6.07) is 8.83. The van der Waals surface area contributed by atoms with Gasteiger partial charge in [0.25, 0.3) is 0 Å². The van der Waals surface area contributed by atoms with Gasteiger partial charge in [0.15, 0.2) is 0 Å². The maximum Gasteiger partial charge on any atom is 0.362 e. The van der Waals surface area contributed by atoms with Crippen LogP contribution in [0.3, 0.4) is 0 Å². The van der Waals surface area contributed by atoms with Gasteiger partial charge in [0, 0.05) is 6.42 Å². The van der Waals surface area contributed by atoms with E-state index in [2.05, 4.69) is 10.1 Å². The van der Waals surface area contributed by atoms with Crippen molar-refractivity contribution in [2.75, 3.05) is 0 Å². The SMILES string of the molecule is CCC(C=NO)(Oc1ccccc1)C(=O)Oc1sc(C)nc1C. The fourth-order valence-electron chi connectivity index (χ4n) is 2.00. The van der Waals surface area contributed by atoms with Crippen LogP contribution in [0.15, 0.2) is 35.5 Å². The number of hydrogen-bond donors (Lipinski definition) is 1. The van der Waals surface area contributed by atoms with Crippen molar-refractivity contribution in [1.82, 2.24) is 4.98 Å². The van der Waals surface area contributed by atoms with Gasteiger partial charge in [-0.15, -0.1) is 0 Å². The van der Waals surface area contributed by atoms with E-state index in [4.69, 9.17) is 14.7 Å². The van der Waals surface area contributed by atoms with Crippen LogP contribution in [0, 0.1) is 13.8 Å². The molecular formula is C16H18N2O4S. The Hall–Kier alpha value is -2.41. The Kier molecular flexibility index (Phi) is 5.33. The summed E-state index contributed by atoms with van der Waals surface area (Å²) < 4.78 is 11.2. The fraction of sp³-hybridized carbons (Fsp3) is 0.312. The second-order valence-electron chi connectivity index (χ2n) is 4.90. The number of carbonyl (C=O) groups excluding carboxylic acids is 1. The zero-order valence-electron chi connectivity index (χ0n) is 13.1. The van der Waals surface area contributed by atoms with E-state index in [1.807, 2.05) is 13.0 Å². The average molecular weight is 334 g/mol. The van der Waals surface area contributed by atoms with E-state index in [9.17, 15) is 4.79 Å². The molecule has 2 rings (SSSR count). The number of oxime groups is 1. The van der Waals surface area contributed by atoms with Gasteiger partial charge in [-0.25, -0.2) is 9.78 Å². The van der Waals surface area contributed by atoms with Crippen LogP contribution in [0.5, 0.6) is 10.8 Å². The van der Waals surface area contributed by atoms with Crippen LogP contribution in [0.1, 0.15) is 24.0 Å². The molecule has 0 bridgehead atoms. The van der Waals surface area contributed by atoms with Gasteiger partial charge in [0.2, 0.25) is 10.7 Å². The molecule has 0 saturated heterocycles. The molecule has 1 atom stereocenters. The van der Waals surface area contributed by atoms with Gasteiger partial charge >= 0.3 is 5.97 Å². The molecular weight excluding hydrogens is 316 g/mol. The predicted octanol–water partition coefficient (Wildman–Crippen LogP) is 3.35. The summed E-state index contributed by atoms with van der Waals surface area (Å²) in [6.45, 7) is 5.34. The van der Waals surface area contributed by atoms with E-state index in [-0.39, 0.29) is 6.42 Å². The molecule has 23 heavy (non-hydrogen) atoms. The quantitative estimate of drug-likeness (QED) is 0.379. The lowest BCUT2D eigenvalue weighted by Crippen LogP contribution is -2.48. The van der Waals surface area contributed by atoms with E-state index in [1.54, 1.807) is 38.1 Å². The van der Waals surface area contributed by atoms with Crippen molar-refractivity contribution >= 4 is 23.5 Å². The highest BCUT2D eigenvalue weighted by atomic mass is 32.1. The lowest BCUT2D eigenvalue weighted by molar-refractivity contribution is -0.146. The highest BCUT2D eigenvalue weighted by Gasteiger charge is 2.41. The number of carbonyl (C=O) groups is 1. The van der Waals surface area contributed by atoms with Crippen molar-refractivity contribution in [1.29, 1.82) is 0 Å². The molecule has 0 aliphatic carbocycles. The minimum absolute atomic E-state index is 0.238. The van der Waals surface area contributed by atoms with Crippen molar-refractivity contribution in [2.24, 2.45) is 5.16 Å². The number of thiazole rings is 1. The summed E-state index contributed by atoms with van der Waals surface area (Å²) in [4.78, 5) is 16.9. The minimum Gasteiger partial charge on any atom is -0.470 e. The van der Waals surface area contributed by atoms with E-state index in [0.29, 0.717) is 16.5 Å². The summed E-state index contributed by atoms with van der Waals surface area (Å²) >= 11 is 1.28. The van der Waals surface area contributed by atoms with E-state index >= 15 is 0 Å². The smallest absolute Gasteiger partial charge is 0.362 e. The second-order valence-corrected chi connectivity index (χ2v) is 6.06. The second kappa shape index (κ2) is 7.23. The standard InChI is InChI=1S/C16H18N2O4S/c1-4-16(10-17-20,22-13-8-6-5-7-9-13)15(19)21-14-11(2)18-12(3)23-14/h5-10,20H,4H2,1-3H3. The molecule has 0 radical (unpaired) electrons. The fourth-order valence-corrected chi connectivity index (χ4v) is 2.76. The molecule has 1 aromatic carbocycles. The molecule has 1 N–H and O–H groups in total. The summed E-state index contributed by atoms with van der Waals surface area (Å²) in [7, 11) is 0. The Morgan fingerprint density at radius 3 is 2.61 bits per heavy atom. The van der Waals surface area contributed by atoms with Gasteiger partial charge in [0.1, 0.15) is 5.75 Å².